The van der Waals surface area contributed by atoms with Gasteiger partial charge in [0.1, 0.15) is 0 Å². The van der Waals surface area contributed by atoms with Gasteiger partial charge < -0.3 is 20.1 Å². The van der Waals surface area contributed by atoms with Gasteiger partial charge in [-0.2, -0.15) is 0 Å². The van der Waals surface area contributed by atoms with Gasteiger partial charge in [-0.05, 0) is 75.0 Å². The molecule has 2 aliphatic rings. The van der Waals surface area contributed by atoms with E-state index in [-0.39, 0.29) is 18.3 Å². The zero-order valence-electron chi connectivity index (χ0n) is 17.1. The smallest absolute Gasteiger partial charge is 0.154 e. The Labute approximate surface area is 160 Å². The molecule has 2 aliphatic carbocycles. The lowest BCUT2D eigenvalue weighted by atomic mass is 9.75. The van der Waals surface area contributed by atoms with Crippen LogP contribution in [0.1, 0.15) is 91.4 Å². The van der Waals surface area contributed by atoms with Crippen molar-refractivity contribution in [2.24, 2.45) is 23.7 Å². The van der Waals surface area contributed by atoms with E-state index in [1.54, 1.807) is 0 Å². The molecule has 2 rings (SSSR count). The zero-order chi connectivity index (χ0) is 19.1. The van der Waals surface area contributed by atoms with Crippen molar-refractivity contribution in [3.63, 3.8) is 0 Å². The number of aliphatic hydroxyl groups excluding tert-OH is 3. The van der Waals surface area contributed by atoms with Gasteiger partial charge in [0.2, 0.25) is 0 Å². The highest BCUT2D eigenvalue weighted by molar-refractivity contribution is 4.82. The highest BCUT2D eigenvalue weighted by Gasteiger charge is 2.32. The summed E-state index contributed by atoms with van der Waals surface area (Å²) in [5.41, 5.74) is 0. The fraction of sp³-hybridized carbons (Fsp3) is 1.00. The first-order valence-corrected chi connectivity index (χ1v) is 11.1. The highest BCUT2D eigenvalue weighted by atomic mass is 16.6. The lowest BCUT2D eigenvalue weighted by Gasteiger charge is -2.38. The van der Waals surface area contributed by atoms with Crippen molar-refractivity contribution in [1.82, 2.24) is 0 Å². The summed E-state index contributed by atoms with van der Waals surface area (Å²) >= 11 is 0. The summed E-state index contributed by atoms with van der Waals surface area (Å²) in [6, 6.07) is 0. The van der Waals surface area contributed by atoms with Crippen LogP contribution in [0.5, 0.6) is 0 Å². The third kappa shape index (κ3) is 7.10. The molecule has 154 valence electrons. The Morgan fingerprint density at radius 1 is 0.962 bits per heavy atom. The monoisotopic (exact) mass is 370 g/mol. The van der Waals surface area contributed by atoms with Gasteiger partial charge in [-0.3, -0.25) is 0 Å². The Morgan fingerprint density at radius 3 is 2.42 bits per heavy atom. The molecular formula is C22H42O4. The highest BCUT2D eigenvalue weighted by Crippen LogP contribution is 2.36. The van der Waals surface area contributed by atoms with Gasteiger partial charge >= 0.3 is 0 Å². The van der Waals surface area contributed by atoms with Crippen molar-refractivity contribution in [2.75, 3.05) is 0 Å². The molecule has 3 unspecified atom stereocenters. The molecule has 26 heavy (non-hydrogen) atoms. The Morgan fingerprint density at radius 2 is 1.73 bits per heavy atom. The summed E-state index contributed by atoms with van der Waals surface area (Å²) < 4.78 is 6.05. The Bertz CT molecular complexity index is 386. The molecule has 0 spiro atoms. The van der Waals surface area contributed by atoms with Gasteiger partial charge in [0.15, 0.2) is 6.29 Å². The number of unbranched alkanes of at least 4 members (excludes halogenated alkanes) is 2. The normalized spacial score (nSPS) is 37.0. The molecule has 0 radical (unpaired) electrons. The molecule has 0 heterocycles. The number of hydrogen-bond acceptors (Lipinski definition) is 4. The predicted molar refractivity (Wildman–Crippen MR) is 105 cm³/mol. The van der Waals surface area contributed by atoms with Crippen LogP contribution in [0.3, 0.4) is 0 Å². The number of rotatable bonds is 9. The second-order valence-electron chi connectivity index (χ2n) is 9.39. The third-order valence-electron chi connectivity index (χ3n) is 6.75. The molecule has 3 N–H and O–H groups in total. The zero-order valence-corrected chi connectivity index (χ0v) is 17.1. The molecule has 0 bridgehead atoms. The van der Waals surface area contributed by atoms with E-state index in [1.807, 2.05) is 0 Å². The maximum Gasteiger partial charge on any atom is 0.154 e. The van der Waals surface area contributed by atoms with Crippen molar-refractivity contribution in [2.45, 2.75) is 116 Å². The van der Waals surface area contributed by atoms with E-state index in [0.717, 1.165) is 44.9 Å². The maximum absolute atomic E-state index is 10.3. The van der Waals surface area contributed by atoms with Gasteiger partial charge in [0.25, 0.3) is 0 Å². The molecule has 4 nitrogen and oxygen atoms in total. The fourth-order valence-electron chi connectivity index (χ4n) is 4.97. The molecule has 0 aromatic rings. The first-order chi connectivity index (χ1) is 12.4. The maximum atomic E-state index is 10.3. The summed E-state index contributed by atoms with van der Waals surface area (Å²) in [6.45, 7) is 6.82. The standard InChI is InChI=1S/C22H42O4/c1-15(2)19-12-9-16(3)13-21(19)26-22(25)8-6-4-5-7-17-10-11-18(23)14-20(17)24/h15-25H,4-14H2,1-3H3/t16-,17?,18?,19+,20-,21-,22?/m1/s1. The lowest BCUT2D eigenvalue weighted by molar-refractivity contribution is -0.171. The minimum absolute atomic E-state index is 0.206. The van der Waals surface area contributed by atoms with E-state index in [1.165, 1.54) is 12.8 Å². The number of hydrogen-bond donors (Lipinski definition) is 3. The van der Waals surface area contributed by atoms with Crippen LogP contribution in [-0.2, 0) is 4.74 Å². The number of aliphatic hydroxyl groups is 3. The molecule has 0 amide bonds. The summed E-state index contributed by atoms with van der Waals surface area (Å²) in [7, 11) is 0. The van der Waals surface area contributed by atoms with Crippen molar-refractivity contribution in [3.05, 3.63) is 0 Å². The molecule has 0 aromatic carbocycles. The van der Waals surface area contributed by atoms with Crippen LogP contribution in [0.4, 0.5) is 0 Å². The van der Waals surface area contributed by atoms with Gasteiger partial charge in [-0.1, -0.05) is 40.0 Å². The largest absolute Gasteiger partial charge is 0.393 e. The summed E-state index contributed by atoms with van der Waals surface area (Å²) in [4.78, 5) is 0. The molecule has 7 atom stereocenters. The molecule has 0 aliphatic heterocycles. The SMILES string of the molecule is CC(C)[C@@H]1CC[C@@H](C)C[C@H]1OC(O)CCCCCC1CCC(O)C[C@H]1O. The topological polar surface area (TPSA) is 69.9 Å². The van der Waals surface area contributed by atoms with E-state index in [2.05, 4.69) is 20.8 Å². The molecule has 2 saturated carbocycles. The van der Waals surface area contributed by atoms with Crippen LogP contribution >= 0.6 is 0 Å². The molecule has 0 saturated heterocycles. The quantitative estimate of drug-likeness (QED) is 0.419. The summed E-state index contributed by atoms with van der Waals surface area (Å²) in [5, 5.41) is 29.9. The molecule has 2 fully saturated rings. The first-order valence-electron chi connectivity index (χ1n) is 11.1. The van der Waals surface area contributed by atoms with E-state index in [9.17, 15) is 15.3 Å². The van der Waals surface area contributed by atoms with Gasteiger partial charge in [0, 0.05) is 0 Å². The van der Waals surface area contributed by atoms with Crippen molar-refractivity contribution in [3.8, 4) is 0 Å². The van der Waals surface area contributed by atoms with E-state index >= 15 is 0 Å². The van der Waals surface area contributed by atoms with Crippen molar-refractivity contribution >= 4 is 0 Å². The second kappa shape index (κ2) is 11.0. The minimum atomic E-state index is -0.637. The number of ether oxygens (including phenoxy) is 1. The van der Waals surface area contributed by atoms with Crippen LogP contribution in [0.15, 0.2) is 0 Å². The minimum Gasteiger partial charge on any atom is -0.393 e. The second-order valence-corrected chi connectivity index (χ2v) is 9.39. The Balaban J connectivity index is 1.60. The van der Waals surface area contributed by atoms with Gasteiger partial charge in [-0.15, -0.1) is 0 Å². The van der Waals surface area contributed by atoms with Crippen LogP contribution < -0.4 is 0 Å². The van der Waals surface area contributed by atoms with Crippen LogP contribution in [-0.4, -0.2) is 39.9 Å². The lowest BCUT2D eigenvalue weighted by Crippen LogP contribution is -2.37. The fourth-order valence-corrected chi connectivity index (χ4v) is 4.97. The molecular weight excluding hydrogens is 328 g/mol. The predicted octanol–water partition coefficient (Wildman–Crippen LogP) is 4.25. The van der Waals surface area contributed by atoms with E-state index < -0.39 is 6.29 Å². The van der Waals surface area contributed by atoms with Crippen LogP contribution in [0.25, 0.3) is 0 Å². The van der Waals surface area contributed by atoms with Crippen molar-refractivity contribution in [1.29, 1.82) is 0 Å². The van der Waals surface area contributed by atoms with Crippen molar-refractivity contribution < 1.29 is 20.1 Å². The molecule has 4 heteroatoms. The van der Waals surface area contributed by atoms with E-state index in [4.69, 9.17) is 4.74 Å². The van der Waals surface area contributed by atoms with E-state index in [0.29, 0.717) is 36.5 Å². The van der Waals surface area contributed by atoms with Crippen LogP contribution in [0, 0.1) is 23.7 Å². The average Bonchev–Trinajstić information content (AvgIpc) is 2.56. The van der Waals surface area contributed by atoms with Crippen LogP contribution in [0.2, 0.25) is 0 Å². The summed E-state index contributed by atoms with van der Waals surface area (Å²) in [6.07, 6.45) is 9.65. The summed E-state index contributed by atoms with van der Waals surface area (Å²) in [5.74, 6) is 2.22. The van der Waals surface area contributed by atoms with Gasteiger partial charge in [0.05, 0.1) is 18.3 Å². The first kappa shape index (κ1) is 22.1. The Hall–Kier alpha value is -0.160. The van der Waals surface area contributed by atoms with Gasteiger partial charge in [-0.25, -0.2) is 0 Å². The average molecular weight is 371 g/mol. The Kier molecular flexibility index (Phi) is 9.36. The third-order valence-corrected chi connectivity index (χ3v) is 6.75. The molecule has 0 aromatic heterocycles.